The van der Waals surface area contributed by atoms with E-state index in [1.165, 1.54) is 12.1 Å². The number of aliphatic carboxylic acids is 3. The number of benzene rings is 3. The molecule has 0 fully saturated rings. The number of ether oxygens (including phenoxy) is 4. The molecule has 0 aromatic heterocycles. The number of nitrogens with one attached hydrogen (secondary N) is 9. The number of phenols is 1. The minimum absolute atomic E-state index is 0.0172. The van der Waals surface area contributed by atoms with Crippen molar-refractivity contribution in [1.82, 2.24) is 52.3 Å². The highest BCUT2D eigenvalue weighted by Gasteiger charge is 2.28. The average Bonchev–Trinajstić information content (AvgIpc) is 1.62. The second-order valence-electron chi connectivity index (χ2n) is 19.6. The Morgan fingerprint density at radius 3 is 1.77 bits per heavy atom. The van der Waals surface area contributed by atoms with Crippen molar-refractivity contribution in [1.29, 1.82) is 0 Å². The van der Waals surface area contributed by atoms with Gasteiger partial charge in [-0.3, -0.25) is 58.5 Å². The first kappa shape index (κ1) is 73.9. The van der Waals surface area contributed by atoms with Crippen LogP contribution in [0.2, 0.25) is 0 Å². The molecule has 0 saturated heterocycles. The highest BCUT2D eigenvalue weighted by Crippen LogP contribution is 2.28. The Hall–Kier alpha value is -8.36. The number of nitrogens with zero attached hydrogens (tertiary/aromatic N) is 3. The summed E-state index contributed by atoms with van der Waals surface area (Å²) in [5.41, 5.74) is 8.25. The number of guanidine groups is 1. The number of hydrogen-bond acceptors (Lipinski definition) is 19. The smallest absolute Gasteiger partial charge is 0.321 e. The summed E-state index contributed by atoms with van der Waals surface area (Å²) in [7, 11) is 0. The van der Waals surface area contributed by atoms with E-state index in [0.717, 1.165) is 0 Å². The highest BCUT2D eigenvalue weighted by atomic mass is 16.6. The molecule has 0 aliphatic carbocycles. The number of carboxylic acids is 3. The molecule has 2 atom stereocenters. The number of anilines is 1. The average molecular weight is 1240 g/mol. The number of rotatable bonds is 48. The lowest BCUT2D eigenvalue weighted by atomic mass is 9.89. The summed E-state index contributed by atoms with van der Waals surface area (Å²) < 4.78 is 22.2. The van der Waals surface area contributed by atoms with Gasteiger partial charge >= 0.3 is 23.9 Å². The number of carboxylic acid groups (broad SMARTS) is 3. The third-order valence-corrected chi connectivity index (χ3v) is 12.5. The van der Waals surface area contributed by atoms with Crippen molar-refractivity contribution in [3.8, 4) is 5.75 Å². The SMILES string of the molecule is CCC(=O)NCCNC(=O)NC(N)=NCCC[C@@H](NC(=O)C(c1ccccc1)c1cccc(NC(=O)CCOCCOCCOCCOCCNC(=O)CNCCN(CCN(CCNCC(=O)O)CC(=O)O)CC(=O)O)c1)C(=O)NCc1ccc(O)cc1. The van der Waals surface area contributed by atoms with Crippen LogP contribution in [0.3, 0.4) is 0 Å². The molecule has 0 bridgehead atoms. The number of amides is 7. The Labute approximate surface area is 511 Å². The van der Waals surface area contributed by atoms with E-state index in [1.54, 1.807) is 77.4 Å². The summed E-state index contributed by atoms with van der Waals surface area (Å²) >= 11 is 0. The molecule has 1 unspecified atom stereocenters. The van der Waals surface area contributed by atoms with Gasteiger partial charge in [0.05, 0.1) is 91.4 Å². The molecule has 15 N–H and O–H groups in total. The molecule has 88 heavy (non-hydrogen) atoms. The van der Waals surface area contributed by atoms with Crippen LogP contribution in [0.1, 0.15) is 55.2 Å². The number of nitrogens with two attached hydrogens (primary N) is 1. The number of phenolic OH excluding ortho intramolecular Hbond substituents is 1. The number of carbonyl (C=O) groups excluding carboxylic acids is 6. The van der Waals surface area contributed by atoms with Crippen molar-refractivity contribution in [3.63, 3.8) is 0 Å². The van der Waals surface area contributed by atoms with E-state index >= 15 is 0 Å². The van der Waals surface area contributed by atoms with Gasteiger partial charge in [-0.25, -0.2) is 4.79 Å². The molecule has 3 aromatic rings. The molecule has 30 nitrogen and oxygen atoms in total. The first-order chi connectivity index (χ1) is 42.4. The maximum Gasteiger partial charge on any atom is 0.321 e. The first-order valence-corrected chi connectivity index (χ1v) is 28.9. The Balaban J connectivity index is 1.35. The van der Waals surface area contributed by atoms with Crippen LogP contribution in [0, 0.1) is 0 Å². The van der Waals surface area contributed by atoms with Gasteiger partial charge in [-0.15, -0.1) is 0 Å². The minimum Gasteiger partial charge on any atom is -0.508 e. The molecule has 30 heteroatoms. The predicted octanol–water partition coefficient (Wildman–Crippen LogP) is -1.21. The monoisotopic (exact) mass is 1240 g/mol. The molecule has 0 saturated carbocycles. The van der Waals surface area contributed by atoms with E-state index in [9.17, 15) is 58.5 Å². The molecule has 7 amide bonds. The zero-order chi connectivity index (χ0) is 64.2. The van der Waals surface area contributed by atoms with Crippen LogP contribution >= 0.6 is 0 Å². The largest absolute Gasteiger partial charge is 0.508 e. The fourth-order valence-electron chi connectivity index (χ4n) is 8.14. The predicted molar refractivity (Wildman–Crippen MR) is 323 cm³/mol. The lowest BCUT2D eigenvalue weighted by Gasteiger charge is -2.26. The second kappa shape index (κ2) is 45.0. The summed E-state index contributed by atoms with van der Waals surface area (Å²) in [4.78, 5) is 118. The van der Waals surface area contributed by atoms with Crippen LogP contribution in [0.5, 0.6) is 5.75 Å². The number of aromatic hydroxyl groups is 1. The minimum atomic E-state index is -1.07. The van der Waals surface area contributed by atoms with Crippen molar-refractivity contribution in [3.05, 3.63) is 95.6 Å². The summed E-state index contributed by atoms with van der Waals surface area (Å²) in [5.74, 6) is -5.90. The molecule has 486 valence electrons. The van der Waals surface area contributed by atoms with Gasteiger partial charge in [0.15, 0.2) is 5.96 Å². The quantitative estimate of drug-likeness (QED) is 0.0179. The molecular weight excluding hydrogens is 1150 g/mol. The molecule has 3 aromatic carbocycles. The molecule has 0 aliphatic heterocycles. The fraction of sp³-hybridized carbons (Fsp3) is 0.517. The van der Waals surface area contributed by atoms with E-state index < -0.39 is 47.7 Å². The molecule has 0 heterocycles. The summed E-state index contributed by atoms with van der Waals surface area (Å²) in [6.07, 6.45) is 0.763. The van der Waals surface area contributed by atoms with Crippen LogP contribution in [-0.4, -0.2) is 240 Å². The van der Waals surface area contributed by atoms with Gasteiger partial charge in [-0.05, 0) is 53.8 Å². The molecule has 0 spiro atoms. The van der Waals surface area contributed by atoms with Crippen molar-refractivity contribution in [2.75, 3.05) is 150 Å². The van der Waals surface area contributed by atoms with Gasteiger partial charge < -0.3 is 87.6 Å². The van der Waals surface area contributed by atoms with Crippen LogP contribution < -0.4 is 53.6 Å². The lowest BCUT2D eigenvalue weighted by molar-refractivity contribution is -0.140. The van der Waals surface area contributed by atoms with Crippen LogP contribution in [0.25, 0.3) is 0 Å². The number of aliphatic imine (C=N–C) groups is 1. The molecular formula is C58H87N13O17. The second-order valence-corrected chi connectivity index (χ2v) is 19.6. The summed E-state index contributed by atoms with van der Waals surface area (Å²) in [5, 5.41) is 61.7. The third-order valence-electron chi connectivity index (χ3n) is 12.5. The van der Waals surface area contributed by atoms with E-state index in [-0.39, 0.29) is 173 Å². The van der Waals surface area contributed by atoms with Crippen LogP contribution in [-0.2, 0) is 63.8 Å². The van der Waals surface area contributed by atoms with Gasteiger partial charge in [-0.1, -0.05) is 61.5 Å². The maximum absolute atomic E-state index is 14.4. The van der Waals surface area contributed by atoms with Gasteiger partial charge in [0.1, 0.15) is 11.8 Å². The van der Waals surface area contributed by atoms with E-state index in [4.69, 9.17) is 29.8 Å². The van der Waals surface area contributed by atoms with Crippen molar-refractivity contribution >= 4 is 65.1 Å². The number of carbonyl (C=O) groups is 9. The molecule has 0 aliphatic rings. The first-order valence-electron chi connectivity index (χ1n) is 28.9. The fourth-order valence-corrected chi connectivity index (χ4v) is 8.14. The van der Waals surface area contributed by atoms with Gasteiger partial charge in [0, 0.05) is 84.1 Å². The maximum atomic E-state index is 14.4. The summed E-state index contributed by atoms with van der Waals surface area (Å²) in [6.45, 7) is 5.27. The van der Waals surface area contributed by atoms with Crippen molar-refractivity contribution < 1.29 is 82.5 Å². The lowest BCUT2D eigenvalue weighted by Crippen LogP contribution is -2.48. The molecule has 0 radical (unpaired) electrons. The number of hydrogen-bond donors (Lipinski definition) is 14. The van der Waals surface area contributed by atoms with Gasteiger partial charge in [-0.2, -0.15) is 0 Å². The van der Waals surface area contributed by atoms with E-state index in [2.05, 4.69) is 52.8 Å². The van der Waals surface area contributed by atoms with Crippen LogP contribution in [0.4, 0.5) is 10.5 Å². The Kier molecular flexibility index (Phi) is 37.8. The summed E-state index contributed by atoms with van der Waals surface area (Å²) in [6, 6.07) is 20.5. The van der Waals surface area contributed by atoms with Crippen LogP contribution in [0.15, 0.2) is 83.9 Å². The third kappa shape index (κ3) is 35.3. The zero-order valence-corrected chi connectivity index (χ0v) is 49.8. The standard InChI is InChI=1S/C58H87N13O17/c1-2-48(73)62-19-20-65-58(84)69-57(59)64-18-7-12-47(55(82)66-37-42-13-15-46(72)16-14-42)68-56(83)54(43-8-4-3-5-9-43)44-10-6-11-45(36-44)67-49(74)17-28-85-30-32-87-34-35-88-33-31-86-29-23-63-50(75)38-60-21-24-70(40-52(78)79)26-27-71(41-53(80)81)25-22-61-39-51(76)77/h3-6,8-11,13-16,36,47,54,60-61,72H,2,7,12,17-35,37-41H2,1H3,(H,62,73)(H,63,75)(H,66,82)(H,67,74)(H,68,83)(H,76,77)(H,78,79)(H,80,81)(H4,59,64,65,69,84)/t47-,54?/m1/s1. The molecule has 3 rings (SSSR count). The Bertz CT molecular complexity index is 2620. The van der Waals surface area contributed by atoms with Gasteiger partial charge in [0.25, 0.3) is 0 Å². The Morgan fingerprint density at radius 2 is 1.16 bits per heavy atom. The zero-order valence-electron chi connectivity index (χ0n) is 49.8. The number of urea groups is 1. The highest BCUT2D eigenvalue weighted by molar-refractivity contribution is 5.95. The van der Waals surface area contributed by atoms with E-state index in [0.29, 0.717) is 55.2 Å². The van der Waals surface area contributed by atoms with Crippen molar-refractivity contribution in [2.24, 2.45) is 10.7 Å². The Morgan fingerprint density at radius 1 is 0.580 bits per heavy atom. The van der Waals surface area contributed by atoms with Gasteiger partial charge in [0.2, 0.25) is 29.5 Å². The normalized spacial score (nSPS) is 12.0. The van der Waals surface area contributed by atoms with Crippen molar-refractivity contribution in [2.45, 2.75) is 51.1 Å². The topological polar surface area (TPSA) is 425 Å². The van der Waals surface area contributed by atoms with E-state index in [1.807, 2.05) is 6.07 Å².